The van der Waals surface area contributed by atoms with Crippen molar-refractivity contribution >= 4 is 22.4 Å². The first-order valence-corrected chi connectivity index (χ1v) is 8.83. The van der Waals surface area contributed by atoms with E-state index in [0.717, 1.165) is 22.7 Å². The zero-order valence-corrected chi connectivity index (χ0v) is 15.4. The first kappa shape index (κ1) is 19.3. The Morgan fingerprint density at radius 1 is 1.07 bits per heavy atom. The van der Waals surface area contributed by atoms with Gasteiger partial charge in [0, 0.05) is 29.5 Å². The van der Waals surface area contributed by atoms with Crippen LogP contribution < -0.4 is 10.1 Å². The Labute approximate surface area is 169 Å². The van der Waals surface area contributed by atoms with Crippen LogP contribution in [0.2, 0.25) is 0 Å². The van der Waals surface area contributed by atoms with Crippen LogP contribution in [-0.4, -0.2) is 15.0 Å². The number of nitrogens with one attached hydrogen (secondary N) is 2. The van der Waals surface area contributed by atoms with Gasteiger partial charge in [-0.25, -0.2) is 9.97 Å². The summed E-state index contributed by atoms with van der Waals surface area (Å²) >= 11 is 0. The average Bonchev–Trinajstić information content (AvgIpc) is 3.19. The second-order valence-electron chi connectivity index (χ2n) is 6.39. The Morgan fingerprint density at radius 3 is 2.73 bits per heavy atom. The van der Waals surface area contributed by atoms with Crippen LogP contribution in [0.15, 0.2) is 60.8 Å². The van der Waals surface area contributed by atoms with Gasteiger partial charge < -0.3 is 15.0 Å². The molecule has 0 unspecified atom stereocenters. The molecule has 0 bridgehead atoms. The number of pyridine rings is 2. The minimum absolute atomic E-state index is 0.105. The van der Waals surface area contributed by atoms with Crippen molar-refractivity contribution in [2.75, 3.05) is 5.32 Å². The van der Waals surface area contributed by atoms with Crippen molar-refractivity contribution < 1.29 is 17.9 Å². The van der Waals surface area contributed by atoms with Gasteiger partial charge >= 0.3 is 6.18 Å². The molecule has 0 aliphatic rings. The van der Waals surface area contributed by atoms with Crippen LogP contribution in [0.3, 0.4) is 0 Å². The number of rotatable bonds is 5. The largest absolute Gasteiger partial charge is 0.487 e. The molecular weight excluding hydrogens is 395 g/mol. The van der Waals surface area contributed by atoms with Gasteiger partial charge in [0.15, 0.2) is 0 Å². The number of nitrogens with zero attached hydrogens (tertiary/aromatic N) is 3. The van der Waals surface area contributed by atoms with E-state index in [9.17, 15) is 18.4 Å². The molecule has 150 valence electrons. The van der Waals surface area contributed by atoms with E-state index < -0.39 is 11.9 Å². The van der Waals surface area contributed by atoms with Crippen molar-refractivity contribution in [1.82, 2.24) is 15.0 Å². The van der Waals surface area contributed by atoms with Crippen molar-refractivity contribution in [2.24, 2.45) is 0 Å². The molecule has 2 N–H and O–H groups in total. The number of ether oxygens (including phenoxy) is 1. The topological polar surface area (TPSA) is 86.6 Å². The standard InChI is InChI=1S/C21H14F3N5O/c22-21(23,24)19-3-1-2-15(27-19)12-30-17-8-16(11-25)29-20(10-17)28-14-5-4-13-6-7-26-18(13)9-14/h1-10,26H,12H2,(H,28,29). The second kappa shape index (κ2) is 7.75. The minimum Gasteiger partial charge on any atom is -0.487 e. The molecule has 4 aromatic rings. The van der Waals surface area contributed by atoms with E-state index in [0.29, 0.717) is 5.82 Å². The van der Waals surface area contributed by atoms with Crippen LogP contribution in [-0.2, 0) is 12.8 Å². The predicted molar refractivity (Wildman–Crippen MR) is 104 cm³/mol. The molecular formula is C21H14F3N5O. The van der Waals surface area contributed by atoms with Crippen LogP contribution in [0.1, 0.15) is 17.1 Å². The summed E-state index contributed by atoms with van der Waals surface area (Å²) in [6.45, 7) is -0.188. The highest BCUT2D eigenvalue weighted by Crippen LogP contribution is 2.28. The normalized spacial score (nSPS) is 11.3. The van der Waals surface area contributed by atoms with Crippen LogP contribution >= 0.6 is 0 Å². The Balaban J connectivity index is 1.53. The summed E-state index contributed by atoms with van der Waals surface area (Å²) in [4.78, 5) is 10.9. The fourth-order valence-electron chi connectivity index (χ4n) is 2.86. The summed E-state index contributed by atoms with van der Waals surface area (Å²) in [6, 6.07) is 16.2. The molecule has 3 aromatic heterocycles. The van der Waals surface area contributed by atoms with Gasteiger partial charge in [-0.1, -0.05) is 12.1 Å². The Morgan fingerprint density at radius 2 is 1.93 bits per heavy atom. The van der Waals surface area contributed by atoms with Gasteiger partial charge in [-0.05, 0) is 35.7 Å². The monoisotopic (exact) mass is 409 g/mol. The van der Waals surface area contributed by atoms with Crippen molar-refractivity contribution in [3.8, 4) is 11.8 Å². The lowest BCUT2D eigenvalue weighted by Crippen LogP contribution is -2.10. The number of halogens is 3. The zero-order chi connectivity index (χ0) is 21.1. The van der Waals surface area contributed by atoms with Gasteiger partial charge in [-0.3, -0.25) is 0 Å². The molecule has 30 heavy (non-hydrogen) atoms. The Hall–Kier alpha value is -4.06. The summed E-state index contributed by atoms with van der Waals surface area (Å²) in [5.74, 6) is 0.649. The molecule has 0 atom stereocenters. The van der Waals surface area contributed by atoms with E-state index in [1.807, 2.05) is 36.5 Å². The fourth-order valence-corrected chi connectivity index (χ4v) is 2.86. The summed E-state index contributed by atoms with van der Waals surface area (Å²) in [5, 5.41) is 13.4. The molecule has 0 aliphatic heterocycles. The van der Waals surface area contributed by atoms with Gasteiger partial charge in [0.05, 0.1) is 5.69 Å². The lowest BCUT2D eigenvalue weighted by Gasteiger charge is -2.11. The molecule has 3 heterocycles. The number of anilines is 2. The summed E-state index contributed by atoms with van der Waals surface area (Å²) in [5.41, 5.74) is 0.916. The van der Waals surface area contributed by atoms with E-state index in [-0.39, 0.29) is 23.7 Å². The molecule has 1 aromatic carbocycles. The first-order valence-electron chi connectivity index (χ1n) is 8.83. The number of hydrogen-bond donors (Lipinski definition) is 2. The number of aromatic amines is 1. The second-order valence-corrected chi connectivity index (χ2v) is 6.39. The van der Waals surface area contributed by atoms with Crippen LogP contribution in [0.4, 0.5) is 24.7 Å². The van der Waals surface area contributed by atoms with Gasteiger partial charge in [-0.15, -0.1) is 0 Å². The lowest BCUT2D eigenvalue weighted by molar-refractivity contribution is -0.141. The van der Waals surface area contributed by atoms with Crippen molar-refractivity contribution in [3.63, 3.8) is 0 Å². The molecule has 4 rings (SSSR count). The maximum absolute atomic E-state index is 12.8. The van der Waals surface area contributed by atoms with E-state index in [4.69, 9.17) is 4.74 Å². The third-order valence-electron chi connectivity index (χ3n) is 4.22. The van der Waals surface area contributed by atoms with Gasteiger partial charge in [0.25, 0.3) is 0 Å². The summed E-state index contributed by atoms with van der Waals surface area (Å²) < 4.78 is 44.0. The predicted octanol–water partition coefficient (Wildman–Crippen LogP) is 5.17. The number of alkyl halides is 3. The molecule has 0 radical (unpaired) electrons. The molecule has 0 saturated heterocycles. The zero-order valence-electron chi connectivity index (χ0n) is 15.4. The third-order valence-corrected chi connectivity index (χ3v) is 4.22. The number of benzene rings is 1. The summed E-state index contributed by atoms with van der Waals surface area (Å²) in [6.07, 6.45) is -2.70. The van der Waals surface area contributed by atoms with Gasteiger partial charge in [0.2, 0.25) is 0 Å². The van der Waals surface area contributed by atoms with Crippen LogP contribution in [0, 0.1) is 11.3 Å². The summed E-state index contributed by atoms with van der Waals surface area (Å²) in [7, 11) is 0. The van der Waals surface area contributed by atoms with Crippen molar-refractivity contribution in [2.45, 2.75) is 12.8 Å². The molecule has 0 aliphatic carbocycles. The van der Waals surface area contributed by atoms with Crippen molar-refractivity contribution in [3.05, 3.63) is 77.9 Å². The number of nitriles is 1. The highest BCUT2D eigenvalue weighted by molar-refractivity contribution is 5.83. The highest BCUT2D eigenvalue weighted by atomic mass is 19.4. The maximum atomic E-state index is 12.8. The molecule has 9 heteroatoms. The van der Waals surface area contributed by atoms with E-state index in [1.54, 1.807) is 6.07 Å². The SMILES string of the molecule is N#Cc1cc(OCc2cccc(C(F)(F)F)n2)cc(Nc2ccc3cc[nH]c3c2)n1. The number of hydrogen-bond acceptors (Lipinski definition) is 5. The van der Waals surface area contributed by atoms with E-state index in [1.165, 1.54) is 18.2 Å². The van der Waals surface area contributed by atoms with Gasteiger partial charge in [-0.2, -0.15) is 18.4 Å². The smallest absolute Gasteiger partial charge is 0.433 e. The minimum atomic E-state index is -4.53. The Bertz CT molecular complexity index is 1240. The van der Waals surface area contributed by atoms with E-state index >= 15 is 0 Å². The maximum Gasteiger partial charge on any atom is 0.433 e. The average molecular weight is 409 g/mol. The number of H-pyrrole nitrogens is 1. The molecule has 0 spiro atoms. The van der Waals surface area contributed by atoms with Gasteiger partial charge in [0.1, 0.15) is 35.6 Å². The number of aromatic nitrogens is 3. The first-order chi connectivity index (χ1) is 14.4. The molecule has 0 amide bonds. The quantitative estimate of drug-likeness (QED) is 0.475. The molecule has 6 nitrogen and oxygen atoms in total. The number of fused-ring (bicyclic) bond motifs is 1. The third kappa shape index (κ3) is 4.33. The van der Waals surface area contributed by atoms with Crippen LogP contribution in [0.25, 0.3) is 10.9 Å². The van der Waals surface area contributed by atoms with E-state index in [2.05, 4.69) is 20.3 Å². The highest BCUT2D eigenvalue weighted by Gasteiger charge is 2.32. The molecule has 0 saturated carbocycles. The van der Waals surface area contributed by atoms with Crippen molar-refractivity contribution in [1.29, 1.82) is 5.26 Å². The fraction of sp³-hybridized carbons (Fsp3) is 0.0952. The lowest BCUT2D eigenvalue weighted by atomic mass is 10.2. The van der Waals surface area contributed by atoms with Crippen LogP contribution in [0.5, 0.6) is 5.75 Å². The molecule has 0 fully saturated rings. The Kier molecular flexibility index (Phi) is 4.98.